The Bertz CT molecular complexity index is 1070. The molecule has 0 radical (unpaired) electrons. The second-order valence-electron chi connectivity index (χ2n) is 5.93. The van der Waals surface area contributed by atoms with Crippen molar-refractivity contribution >= 4 is 11.6 Å². The van der Waals surface area contributed by atoms with Crippen molar-refractivity contribution in [3.63, 3.8) is 0 Å². The lowest BCUT2D eigenvalue weighted by molar-refractivity contribution is 0.0998. The van der Waals surface area contributed by atoms with E-state index in [-0.39, 0.29) is 11.5 Å². The lowest BCUT2D eigenvalue weighted by Crippen LogP contribution is -2.12. The summed E-state index contributed by atoms with van der Waals surface area (Å²) in [6.45, 7) is 0. The van der Waals surface area contributed by atoms with Gasteiger partial charge in [-0.05, 0) is 24.3 Å². The van der Waals surface area contributed by atoms with E-state index in [1.807, 2.05) is 60.7 Å². The predicted octanol–water partition coefficient (Wildman–Crippen LogP) is 4.97. The lowest BCUT2D eigenvalue weighted by atomic mass is 10.1. The van der Waals surface area contributed by atoms with E-state index < -0.39 is 5.91 Å². The average Bonchev–Trinajstić information content (AvgIpc) is 3.15. The number of phenols is 1. The van der Waals surface area contributed by atoms with Crippen LogP contribution in [-0.4, -0.2) is 16.0 Å². The van der Waals surface area contributed by atoms with E-state index >= 15 is 0 Å². The Balaban J connectivity index is 1.76. The summed E-state index contributed by atoms with van der Waals surface area (Å²) in [5, 5.41) is 12.3. The zero-order valence-corrected chi connectivity index (χ0v) is 14.3. The number of hydrogen-bond acceptors (Lipinski definition) is 4. The number of benzene rings is 3. The third kappa shape index (κ3) is 3.57. The molecule has 1 heterocycles. The van der Waals surface area contributed by atoms with Crippen LogP contribution in [-0.2, 0) is 0 Å². The standard InChI is InChI=1S/C22H16N2O3/c25-18-13-7-12-17(14-18)23-21(26)20-19(15-8-3-1-4-9-15)24-22(27-20)16-10-5-2-6-11-16/h1-14,25H,(H,23,26). The first-order valence-electron chi connectivity index (χ1n) is 8.43. The summed E-state index contributed by atoms with van der Waals surface area (Å²) in [4.78, 5) is 17.4. The van der Waals surface area contributed by atoms with Gasteiger partial charge in [-0.15, -0.1) is 0 Å². The molecule has 3 aromatic carbocycles. The van der Waals surface area contributed by atoms with Gasteiger partial charge < -0.3 is 14.8 Å². The Morgan fingerprint density at radius 1 is 0.852 bits per heavy atom. The Morgan fingerprint density at radius 2 is 1.52 bits per heavy atom. The summed E-state index contributed by atoms with van der Waals surface area (Å²) in [6, 6.07) is 25.2. The largest absolute Gasteiger partial charge is 0.508 e. The van der Waals surface area contributed by atoms with E-state index in [9.17, 15) is 9.90 Å². The van der Waals surface area contributed by atoms with Gasteiger partial charge in [0.2, 0.25) is 11.7 Å². The summed E-state index contributed by atoms with van der Waals surface area (Å²) in [6.07, 6.45) is 0. The van der Waals surface area contributed by atoms with Crippen molar-refractivity contribution in [2.24, 2.45) is 0 Å². The summed E-state index contributed by atoms with van der Waals surface area (Å²) in [5.74, 6) is 0.117. The average molecular weight is 356 g/mol. The first-order valence-corrected chi connectivity index (χ1v) is 8.43. The highest BCUT2D eigenvalue weighted by molar-refractivity contribution is 6.06. The highest BCUT2D eigenvalue weighted by Crippen LogP contribution is 2.29. The van der Waals surface area contributed by atoms with Crippen molar-refractivity contribution in [3.8, 4) is 28.5 Å². The summed E-state index contributed by atoms with van der Waals surface area (Å²) < 4.78 is 5.83. The minimum Gasteiger partial charge on any atom is -0.508 e. The van der Waals surface area contributed by atoms with Gasteiger partial charge in [0.05, 0.1) is 0 Å². The third-order valence-electron chi connectivity index (χ3n) is 4.01. The molecular weight excluding hydrogens is 340 g/mol. The van der Waals surface area contributed by atoms with Crippen LogP contribution in [0, 0.1) is 0 Å². The highest BCUT2D eigenvalue weighted by atomic mass is 16.4. The predicted molar refractivity (Wildman–Crippen MR) is 103 cm³/mol. The summed E-state index contributed by atoms with van der Waals surface area (Å²) >= 11 is 0. The molecule has 0 fully saturated rings. The number of nitrogens with one attached hydrogen (secondary N) is 1. The number of nitrogens with zero attached hydrogens (tertiary/aromatic N) is 1. The molecule has 5 nitrogen and oxygen atoms in total. The molecule has 0 atom stereocenters. The molecule has 4 aromatic rings. The number of carbonyl (C=O) groups excluding carboxylic acids is 1. The van der Waals surface area contributed by atoms with E-state index in [1.54, 1.807) is 12.1 Å². The quantitative estimate of drug-likeness (QED) is 0.541. The maximum atomic E-state index is 12.8. The van der Waals surface area contributed by atoms with Crippen LogP contribution in [0.15, 0.2) is 89.3 Å². The first kappa shape index (κ1) is 16.6. The molecule has 2 N–H and O–H groups in total. The molecule has 1 aromatic heterocycles. The molecule has 4 rings (SSSR count). The fourth-order valence-electron chi connectivity index (χ4n) is 2.74. The number of aromatic nitrogens is 1. The molecule has 0 aliphatic rings. The molecule has 132 valence electrons. The molecule has 0 unspecified atom stereocenters. The number of rotatable bonds is 4. The molecule has 0 spiro atoms. The minimum atomic E-state index is -0.436. The van der Waals surface area contributed by atoms with E-state index in [2.05, 4.69) is 10.3 Å². The highest BCUT2D eigenvalue weighted by Gasteiger charge is 2.22. The van der Waals surface area contributed by atoms with Crippen molar-refractivity contribution in [2.75, 3.05) is 5.32 Å². The van der Waals surface area contributed by atoms with Gasteiger partial charge in [-0.25, -0.2) is 4.98 Å². The molecule has 0 aliphatic heterocycles. The van der Waals surface area contributed by atoms with Gasteiger partial charge in [0.15, 0.2) is 0 Å². The fourth-order valence-corrected chi connectivity index (χ4v) is 2.74. The van der Waals surface area contributed by atoms with Crippen LogP contribution in [0.1, 0.15) is 10.6 Å². The molecule has 5 heteroatoms. The maximum Gasteiger partial charge on any atom is 0.293 e. The Labute approximate surface area is 155 Å². The molecule has 27 heavy (non-hydrogen) atoms. The fraction of sp³-hybridized carbons (Fsp3) is 0. The van der Waals surface area contributed by atoms with E-state index in [1.165, 1.54) is 12.1 Å². The molecular formula is C22H16N2O3. The van der Waals surface area contributed by atoms with Crippen LogP contribution in [0.2, 0.25) is 0 Å². The number of oxazole rings is 1. The second kappa shape index (κ2) is 7.17. The maximum absolute atomic E-state index is 12.8. The van der Waals surface area contributed by atoms with Crippen LogP contribution in [0.25, 0.3) is 22.7 Å². The van der Waals surface area contributed by atoms with Gasteiger partial charge in [-0.3, -0.25) is 4.79 Å². The number of hydrogen-bond donors (Lipinski definition) is 2. The van der Waals surface area contributed by atoms with Crippen LogP contribution in [0.4, 0.5) is 5.69 Å². The first-order chi connectivity index (χ1) is 13.2. The van der Waals surface area contributed by atoms with Crippen molar-refractivity contribution < 1.29 is 14.3 Å². The second-order valence-corrected chi connectivity index (χ2v) is 5.93. The van der Waals surface area contributed by atoms with Gasteiger partial charge in [-0.2, -0.15) is 0 Å². The number of carbonyl (C=O) groups is 1. The van der Waals surface area contributed by atoms with Gasteiger partial charge in [0.1, 0.15) is 11.4 Å². The number of amides is 1. The van der Waals surface area contributed by atoms with Gasteiger partial charge in [0, 0.05) is 22.9 Å². The SMILES string of the molecule is O=C(Nc1cccc(O)c1)c1oc(-c2ccccc2)nc1-c1ccccc1. The number of anilines is 1. The molecule has 0 aliphatic carbocycles. The topological polar surface area (TPSA) is 75.4 Å². The Kier molecular flexibility index (Phi) is 4.41. The van der Waals surface area contributed by atoms with E-state index in [4.69, 9.17) is 4.42 Å². The van der Waals surface area contributed by atoms with E-state index in [0.717, 1.165) is 11.1 Å². The minimum absolute atomic E-state index is 0.0682. The van der Waals surface area contributed by atoms with Gasteiger partial charge in [-0.1, -0.05) is 54.6 Å². The Morgan fingerprint density at radius 3 is 2.19 bits per heavy atom. The van der Waals surface area contributed by atoms with Gasteiger partial charge >= 0.3 is 0 Å². The van der Waals surface area contributed by atoms with Crippen LogP contribution in [0.3, 0.4) is 0 Å². The van der Waals surface area contributed by atoms with Gasteiger partial charge in [0.25, 0.3) is 5.91 Å². The number of phenolic OH excluding ortho intramolecular Hbond substituents is 1. The third-order valence-corrected chi connectivity index (χ3v) is 4.01. The van der Waals surface area contributed by atoms with Crippen molar-refractivity contribution in [3.05, 3.63) is 90.7 Å². The van der Waals surface area contributed by atoms with Crippen molar-refractivity contribution in [1.82, 2.24) is 4.98 Å². The molecule has 0 saturated heterocycles. The van der Waals surface area contributed by atoms with Crippen LogP contribution >= 0.6 is 0 Å². The van der Waals surface area contributed by atoms with Crippen LogP contribution < -0.4 is 5.32 Å². The lowest BCUT2D eigenvalue weighted by Gasteiger charge is -2.05. The zero-order valence-electron chi connectivity index (χ0n) is 14.3. The van der Waals surface area contributed by atoms with Crippen molar-refractivity contribution in [2.45, 2.75) is 0 Å². The monoisotopic (exact) mass is 356 g/mol. The molecule has 1 amide bonds. The van der Waals surface area contributed by atoms with Crippen LogP contribution in [0.5, 0.6) is 5.75 Å². The molecule has 0 bridgehead atoms. The number of aromatic hydroxyl groups is 1. The smallest absolute Gasteiger partial charge is 0.293 e. The Hall–Kier alpha value is -3.86. The zero-order chi connectivity index (χ0) is 18.6. The summed E-state index contributed by atoms with van der Waals surface area (Å²) in [7, 11) is 0. The normalized spacial score (nSPS) is 10.5. The van der Waals surface area contributed by atoms with E-state index in [0.29, 0.717) is 17.3 Å². The molecule has 0 saturated carbocycles. The summed E-state index contributed by atoms with van der Waals surface area (Å²) in [5.41, 5.74) is 2.50. The van der Waals surface area contributed by atoms with Crippen molar-refractivity contribution in [1.29, 1.82) is 0 Å².